The van der Waals surface area contributed by atoms with Crippen LogP contribution in [0.4, 0.5) is 0 Å². The Morgan fingerprint density at radius 1 is 1.07 bits per heavy atom. The lowest BCUT2D eigenvalue weighted by molar-refractivity contribution is 0.0939. The monoisotopic (exact) mass is 444 g/mol. The Hall–Kier alpha value is -2.81. The maximum atomic E-state index is 12.6. The molecule has 1 aromatic heterocycles. The van der Waals surface area contributed by atoms with Gasteiger partial charge < -0.3 is 5.32 Å². The summed E-state index contributed by atoms with van der Waals surface area (Å²) >= 11 is 5.82. The predicted molar refractivity (Wildman–Crippen MR) is 114 cm³/mol. The second kappa shape index (κ2) is 9.34. The molecule has 0 saturated carbocycles. The molecule has 0 aliphatic rings. The Bertz CT molecular complexity index is 1110. The minimum Gasteiger partial charge on any atom is -0.345 e. The van der Waals surface area contributed by atoms with Crippen molar-refractivity contribution in [3.8, 4) is 0 Å². The van der Waals surface area contributed by atoms with E-state index in [4.69, 9.17) is 11.6 Å². The van der Waals surface area contributed by atoms with Crippen LogP contribution in [0.5, 0.6) is 0 Å². The average Bonchev–Trinajstić information content (AvgIpc) is 2.75. The largest absolute Gasteiger partial charge is 0.345 e. The molecule has 1 atom stereocenters. The van der Waals surface area contributed by atoms with Gasteiger partial charge in [0.25, 0.3) is 5.91 Å². The highest BCUT2D eigenvalue weighted by molar-refractivity contribution is 7.89. The van der Waals surface area contributed by atoms with Crippen molar-refractivity contribution >= 4 is 27.5 Å². The highest BCUT2D eigenvalue weighted by Gasteiger charge is 2.22. The highest BCUT2D eigenvalue weighted by Crippen LogP contribution is 2.18. The van der Waals surface area contributed by atoms with Crippen molar-refractivity contribution in [1.29, 1.82) is 0 Å². The molecule has 3 aromatic rings. The van der Waals surface area contributed by atoms with Crippen LogP contribution in [0, 0.1) is 0 Å². The number of nitrogens with zero attached hydrogens (tertiary/aromatic N) is 3. The first kappa shape index (κ1) is 21.9. The third kappa shape index (κ3) is 5.21. The van der Waals surface area contributed by atoms with Crippen molar-refractivity contribution < 1.29 is 13.2 Å². The first-order valence-electron chi connectivity index (χ1n) is 9.16. The van der Waals surface area contributed by atoms with Crippen LogP contribution < -0.4 is 5.32 Å². The number of carbonyl (C=O) groups excluding carboxylic acids is 1. The molecule has 0 spiro atoms. The van der Waals surface area contributed by atoms with Gasteiger partial charge in [-0.15, -0.1) is 0 Å². The normalized spacial score (nSPS) is 12.5. The summed E-state index contributed by atoms with van der Waals surface area (Å²) in [7, 11) is -2.27. The molecule has 2 aromatic carbocycles. The number of hydrogen-bond acceptors (Lipinski definition) is 5. The van der Waals surface area contributed by atoms with Gasteiger partial charge in [-0.05, 0) is 36.8 Å². The molecule has 1 heterocycles. The molecule has 0 bridgehead atoms. The summed E-state index contributed by atoms with van der Waals surface area (Å²) in [6.07, 6.45) is 2.77. The molecule has 1 unspecified atom stereocenters. The number of hydrogen-bond donors (Lipinski definition) is 1. The summed E-state index contributed by atoms with van der Waals surface area (Å²) in [5.74, 6) is -0.0252. The smallest absolute Gasteiger partial charge is 0.254 e. The summed E-state index contributed by atoms with van der Waals surface area (Å²) in [5.41, 5.74) is 1.28. The Balaban J connectivity index is 1.65. The van der Waals surface area contributed by atoms with E-state index in [2.05, 4.69) is 15.3 Å². The van der Waals surface area contributed by atoms with Crippen LogP contribution in [0.25, 0.3) is 0 Å². The summed E-state index contributed by atoms with van der Waals surface area (Å²) in [6, 6.07) is 15.3. The molecule has 30 heavy (non-hydrogen) atoms. The van der Waals surface area contributed by atoms with Gasteiger partial charge in [-0.3, -0.25) is 4.79 Å². The van der Waals surface area contributed by atoms with Gasteiger partial charge >= 0.3 is 0 Å². The van der Waals surface area contributed by atoms with Crippen LogP contribution in [0.2, 0.25) is 5.02 Å². The van der Waals surface area contributed by atoms with E-state index >= 15 is 0 Å². The van der Waals surface area contributed by atoms with Crippen molar-refractivity contribution in [2.24, 2.45) is 0 Å². The molecule has 0 radical (unpaired) electrons. The van der Waals surface area contributed by atoms with Crippen molar-refractivity contribution in [3.05, 3.63) is 89.0 Å². The minimum absolute atomic E-state index is 0.0344. The zero-order valence-corrected chi connectivity index (χ0v) is 18.1. The van der Waals surface area contributed by atoms with Gasteiger partial charge in [-0.25, -0.2) is 18.4 Å². The van der Waals surface area contributed by atoms with Crippen LogP contribution in [-0.2, 0) is 16.6 Å². The summed E-state index contributed by atoms with van der Waals surface area (Å²) in [4.78, 5) is 20.8. The molecular weight excluding hydrogens is 424 g/mol. The summed E-state index contributed by atoms with van der Waals surface area (Å²) in [5, 5.41) is 3.34. The zero-order chi connectivity index (χ0) is 21.7. The highest BCUT2D eigenvalue weighted by atomic mass is 35.5. The quantitative estimate of drug-likeness (QED) is 0.602. The number of amides is 1. The molecule has 3 rings (SSSR count). The van der Waals surface area contributed by atoms with E-state index in [9.17, 15) is 13.2 Å². The van der Waals surface area contributed by atoms with Crippen molar-refractivity contribution in [2.45, 2.75) is 24.4 Å². The summed E-state index contributed by atoms with van der Waals surface area (Å²) < 4.78 is 26.4. The van der Waals surface area contributed by atoms with E-state index in [1.54, 1.807) is 0 Å². The number of aromatic nitrogens is 2. The molecule has 7 nitrogen and oxygen atoms in total. The van der Waals surface area contributed by atoms with E-state index < -0.39 is 10.0 Å². The van der Waals surface area contributed by atoms with Crippen LogP contribution in [0.1, 0.15) is 34.7 Å². The lowest BCUT2D eigenvalue weighted by atomic mass is 10.1. The Morgan fingerprint density at radius 2 is 1.67 bits per heavy atom. The van der Waals surface area contributed by atoms with Crippen molar-refractivity contribution in [2.75, 3.05) is 7.05 Å². The number of sulfonamides is 1. The number of nitrogens with one attached hydrogen (secondary N) is 1. The topological polar surface area (TPSA) is 92.3 Å². The van der Waals surface area contributed by atoms with Crippen molar-refractivity contribution in [3.63, 3.8) is 0 Å². The molecular formula is C21H21ClN4O3S. The fourth-order valence-corrected chi connectivity index (χ4v) is 3.98. The lowest BCUT2D eigenvalue weighted by Gasteiger charge is -2.17. The molecule has 156 valence electrons. The van der Waals surface area contributed by atoms with Gasteiger partial charge in [-0.2, -0.15) is 4.31 Å². The maximum absolute atomic E-state index is 12.6. The summed E-state index contributed by atoms with van der Waals surface area (Å²) in [6.45, 7) is 1.85. The Labute approximate surface area is 180 Å². The van der Waals surface area contributed by atoms with E-state index in [1.165, 1.54) is 43.7 Å². The van der Waals surface area contributed by atoms with Crippen LogP contribution in [-0.4, -0.2) is 35.6 Å². The molecule has 9 heteroatoms. The lowest BCUT2D eigenvalue weighted by Crippen LogP contribution is -2.28. The number of halogens is 1. The van der Waals surface area contributed by atoms with E-state index in [-0.39, 0.29) is 29.2 Å². The third-order valence-electron chi connectivity index (χ3n) is 4.50. The van der Waals surface area contributed by atoms with Crippen LogP contribution >= 0.6 is 11.6 Å². The second-order valence-corrected chi connectivity index (χ2v) is 9.19. The third-order valence-corrected chi connectivity index (χ3v) is 6.57. The maximum Gasteiger partial charge on any atom is 0.254 e. The number of benzene rings is 2. The standard InChI is InChI=1S/C21H21ClN4O3S/c1-15(16-6-4-3-5-7-16)25-21(27)17-12-23-20(24-13-17)14-26(2)30(28,29)19-10-8-18(22)9-11-19/h3-13,15H,14H2,1-2H3,(H,25,27). The molecule has 1 amide bonds. The fraction of sp³-hybridized carbons (Fsp3) is 0.190. The van der Waals surface area contributed by atoms with Gasteiger partial charge in [0, 0.05) is 24.5 Å². The number of carbonyl (C=O) groups is 1. The average molecular weight is 445 g/mol. The van der Waals surface area contributed by atoms with Gasteiger partial charge in [0.05, 0.1) is 23.0 Å². The molecule has 0 aliphatic heterocycles. The van der Waals surface area contributed by atoms with Crippen LogP contribution in [0.15, 0.2) is 71.9 Å². The Kier molecular flexibility index (Phi) is 6.81. The van der Waals surface area contributed by atoms with E-state index in [1.807, 2.05) is 37.3 Å². The first-order valence-corrected chi connectivity index (χ1v) is 11.0. The minimum atomic E-state index is -3.71. The van der Waals surface area contributed by atoms with Gasteiger partial charge in [0.15, 0.2) is 0 Å². The molecule has 0 aliphatic carbocycles. The zero-order valence-electron chi connectivity index (χ0n) is 16.5. The Morgan fingerprint density at radius 3 is 2.27 bits per heavy atom. The van der Waals surface area contributed by atoms with Crippen LogP contribution in [0.3, 0.4) is 0 Å². The van der Waals surface area contributed by atoms with E-state index in [0.29, 0.717) is 10.6 Å². The van der Waals surface area contributed by atoms with Gasteiger partial charge in [-0.1, -0.05) is 41.9 Å². The SMILES string of the molecule is CC(NC(=O)c1cnc(CN(C)S(=O)(=O)c2ccc(Cl)cc2)nc1)c1ccccc1. The second-order valence-electron chi connectivity index (χ2n) is 6.71. The van der Waals surface area contributed by atoms with E-state index in [0.717, 1.165) is 9.87 Å². The van der Waals surface area contributed by atoms with Gasteiger partial charge in [0.2, 0.25) is 10.0 Å². The number of rotatable bonds is 7. The van der Waals surface area contributed by atoms with Gasteiger partial charge in [0.1, 0.15) is 5.82 Å². The molecule has 1 N–H and O–H groups in total. The van der Waals surface area contributed by atoms with Crippen molar-refractivity contribution in [1.82, 2.24) is 19.6 Å². The molecule has 0 fully saturated rings. The first-order chi connectivity index (χ1) is 14.3. The predicted octanol–water partition coefficient (Wildman–Crippen LogP) is 3.44. The fourth-order valence-electron chi connectivity index (χ4n) is 2.73. The molecule has 0 saturated heterocycles.